The van der Waals surface area contributed by atoms with Crippen LogP contribution in [0.4, 0.5) is 4.79 Å². The molecule has 0 bridgehead atoms. The molecule has 0 spiro atoms. The normalized spacial score (nSPS) is 10.3. The van der Waals surface area contributed by atoms with Crippen molar-refractivity contribution in [1.29, 1.82) is 0 Å². The number of rotatable bonds is 4. The number of aliphatic imine (C=N–C) groups is 1. The third-order valence-electron chi connectivity index (χ3n) is 2.02. The van der Waals surface area contributed by atoms with E-state index in [1.54, 1.807) is 32.2 Å². The summed E-state index contributed by atoms with van der Waals surface area (Å²) in [6, 6.07) is 5.22. The minimum atomic E-state index is -0.620. The van der Waals surface area contributed by atoms with Crippen LogP contribution in [0.15, 0.2) is 23.2 Å². The number of ether oxygens (including phenoxy) is 3. The fourth-order valence-corrected chi connectivity index (χ4v) is 1.21. The Balaban J connectivity index is 2.87. The van der Waals surface area contributed by atoms with E-state index in [-0.39, 0.29) is 0 Å². The predicted molar refractivity (Wildman–Crippen MR) is 64.2 cm³/mol. The molecule has 1 aromatic rings. The molecule has 1 amide bonds. The van der Waals surface area contributed by atoms with E-state index in [1.165, 1.54) is 13.3 Å². The zero-order valence-corrected chi connectivity index (χ0v) is 10.1. The highest BCUT2D eigenvalue weighted by Gasteiger charge is 2.03. The lowest BCUT2D eigenvalue weighted by molar-refractivity contribution is 0.163. The van der Waals surface area contributed by atoms with Gasteiger partial charge in [0.15, 0.2) is 0 Å². The molecular weight excluding hydrogens is 222 g/mol. The van der Waals surface area contributed by atoms with Crippen molar-refractivity contribution in [3.63, 3.8) is 0 Å². The molecule has 0 aliphatic heterocycles. The number of nitrogens with zero attached hydrogens (tertiary/aromatic N) is 1. The van der Waals surface area contributed by atoms with Gasteiger partial charge < -0.3 is 14.2 Å². The van der Waals surface area contributed by atoms with E-state index < -0.39 is 6.09 Å². The second-order valence-corrected chi connectivity index (χ2v) is 3.06. The highest BCUT2D eigenvalue weighted by Crippen LogP contribution is 2.23. The first kappa shape index (κ1) is 13.0. The summed E-state index contributed by atoms with van der Waals surface area (Å²) in [6.07, 6.45) is 0.779. The van der Waals surface area contributed by atoms with E-state index in [2.05, 4.69) is 9.73 Å². The van der Waals surface area contributed by atoms with Gasteiger partial charge in [-0.05, 0) is 19.1 Å². The van der Waals surface area contributed by atoms with E-state index in [0.29, 0.717) is 23.7 Å². The molecule has 0 heterocycles. The van der Waals surface area contributed by atoms with Crippen LogP contribution < -0.4 is 9.47 Å². The second kappa shape index (κ2) is 6.52. The largest absolute Gasteiger partial charge is 0.497 e. The minimum Gasteiger partial charge on any atom is -0.497 e. The maximum atomic E-state index is 11.1. The molecule has 5 nitrogen and oxygen atoms in total. The topological polar surface area (TPSA) is 57.1 Å². The summed E-state index contributed by atoms with van der Waals surface area (Å²) in [5, 5.41) is 0. The van der Waals surface area contributed by atoms with Gasteiger partial charge in [-0.15, -0.1) is 0 Å². The third kappa shape index (κ3) is 3.79. The molecule has 0 aliphatic carbocycles. The van der Waals surface area contributed by atoms with Gasteiger partial charge in [0, 0.05) is 17.8 Å². The molecule has 0 atom stereocenters. The van der Waals surface area contributed by atoms with Crippen LogP contribution >= 0.6 is 0 Å². The van der Waals surface area contributed by atoms with Crippen molar-refractivity contribution in [2.24, 2.45) is 4.99 Å². The molecule has 0 aliphatic rings. The Morgan fingerprint density at radius 1 is 1.35 bits per heavy atom. The maximum Gasteiger partial charge on any atom is 0.433 e. The molecule has 0 saturated carbocycles. The fourth-order valence-electron chi connectivity index (χ4n) is 1.21. The van der Waals surface area contributed by atoms with E-state index in [4.69, 9.17) is 9.47 Å². The van der Waals surface area contributed by atoms with Crippen molar-refractivity contribution in [1.82, 2.24) is 0 Å². The Morgan fingerprint density at radius 3 is 2.71 bits per heavy atom. The molecule has 1 rings (SSSR count). The molecule has 0 fully saturated rings. The maximum absolute atomic E-state index is 11.1. The van der Waals surface area contributed by atoms with Crippen molar-refractivity contribution in [3.05, 3.63) is 23.8 Å². The molecule has 0 N–H and O–H groups in total. The average molecular weight is 237 g/mol. The molecule has 5 heteroatoms. The lowest BCUT2D eigenvalue weighted by Crippen LogP contribution is -1.99. The molecular formula is C12H15NO4. The van der Waals surface area contributed by atoms with Crippen LogP contribution in [0.25, 0.3) is 0 Å². The summed E-state index contributed by atoms with van der Waals surface area (Å²) in [5.41, 5.74) is 0.682. The molecule has 0 saturated heterocycles. The number of amides is 1. The molecule has 0 aromatic heterocycles. The van der Waals surface area contributed by atoms with Gasteiger partial charge in [0.1, 0.15) is 11.5 Å². The standard InChI is InChI=1S/C12H15NO4/c1-4-17-12(14)13-8-9-5-6-10(15-2)7-11(9)16-3/h5-8H,4H2,1-3H3. The van der Waals surface area contributed by atoms with E-state index >= 15 is 0 Å². The zero-order valence-electron chi connectivity index (χ0n) is 10.1. The fraction of sp³-hybridized carbons (Fsp3) is 0.333. The van der Waals surface area contributed by atoms with Crippen molar-refractivity contribution in [2.45, 2.75) is 6.92 Å². The first-order valence-corrected chi connectivity index (χ1v) is 5.14. The summed E-state index contributed by atoms with van der Waals surface area (Å²) in [7, 11) is 3.11. The smallest absolute Gasteiger partial charge is 0.433 e. The SMILES string of the molecule is CCOC(=O)N=Cc1ccc(OC)cc1OC. The predicted octanol–water partition coefficient (Wildman–Crippen LogP) is 2.28. The summed E-state index contributed by atoms with van der Waals surface area (Å²) in [6.45, 7) is 2.03. The van der Waals surface area contributed by atoms with Crippen molar-refractivity contribution in [2.75, 3.05) is 20.8 Å². The van der Waals surface area contributed by atoms with E-state index in [0.717, 1.165) is 0 Å². The summed E-state index contributed by atoms with van der Waals surface area (Å²) >= 11 is 0. The Morgan fingerprint density at radius 2 is 2.12 bits per heavy atom. The van der Waals surface area contributed by atoms with Gasteiger partial charge in [-0.25, -0.2) is 4.79 Å². The summed E-state index contributed by atoms with van der Waals surface area (Å²) in [4.78, 5) is 14.7. The zero-order chi connectivity index (χ0) is 12.7. The summed E-state index contributed by atoms with van der Waals surface area (Å²) in [5.74, 6) is 1.26. The number of methoxy groups -OCH3 is 2. The van der Waals surface area contributed by atoms with Gasteiger partial charge in [-0.1, -0.05) is 0 Å². The molecule has 0 unspecified atom stereocenters. The minimum absolute atomic E-state index is 0.302. The Kier molecular flexibility index (Phi) is 5.00. The quantitative estimate of drug-likeness (QED) is 0.754. The number of hydrogen-bond acceptors (Lipinski definition) is 4. The third-order valence-corrected chi connectivity index (χ3v) is 2.02. The van der Waals surface area contributed by atoms with Crippen LogP contribution in [-0.2, 0) is 4.74 Å². The highest BCUT2D eigenvalue weighted by atomic mass is 16.5. The summed E-state index contributed by atoms with van der Waals surface area (Å²) < 4.78 is 14.9. The van der Waals surface area contributed by atoms with Gasteiger partial charge >= 0.3 is 6.09 Å². The van der Waals surface area contributed by atoms with Gasteiger partial charge in [-0.2, -0.15) is 4.99 Å². The second-order valence-electron chi connectivity index (χ2n) is 3.06. The van der Waals surface area contributed by atoms with Crippen LogP contribution in [0.2, 0.25) is 0 Å². The number of carbonyl (C=O) groups excluding carboxylic acids is 1. The molecule has 92 valence electrons. The average Bonchev–Trinajstić information content (AvgIpc) is 2.36. The van der Waals surface area contributed by atoms with Crippen LogP contribution in [0.3, 0.4) is 0 Å². The van der Waals surface area contributed by atoms with Crippen LogP contribution in [0.5, 0.6) is 11.5 Å². The lowest BCUT2D eigenvalue weighted by atomic mass is 10.2. The van der Waals surface area contributed by atoms with Crippen LogP contribution in [-0.4, -0.2) is 33.1 Å². The molecule has 0 radical (unpaired) electrons. The Hall–Kier alpha value is -2.04. The van der Waals surface area contributed by atoms with Crippen LogP contribution in [0.1, 0.15) is 12.5 Å². The first-order chi connectivity index (χ1) is 8.21. The lowest BCUT2D eigenvalue weighted by Gasteiger charge is -2.06. The van der Waals surface area contributed by atoms with Crippen molar-refractivity contribution >= 4 is 12.3 Å². The van der Waals surface area contributed by atoms with E-state index in [9.17, 15) is 4.79 Å². The van der Waals surface area contributed by atoms with Crippen molar-refractivity contribution < 1.29 is 19.0 Å². The van der Waals surface area contributed by atoms with E-state index in [1.807, 2.05) is 0 Å². The molecule has 1 aromatic carbocycles. The van der Waals surface area contributed by atoms with Gasteiger partial charge in [0.05, 0.1) is 20.8 Å². The Bertz CT molecular complexity index is 415. The molecule has 17 heavy (non-hydrogen) atoms. The highest BCUT2D eigenvalue weighted by molar-refractivity contribution is 5.91. The van der Waals surface area contributed by atoms with Gasteiger partial charge in [0.25, 0.3) is 0 Å². The van der Waals surface area contributed by atoms with Crippen molar-refractivity contribution in [3.8, 4) is 11.5 Å². The first-order valence-electron chi connectivity index (χ1n) is 5.14. The number of carbonyl (C=O) groups is 1. The number of hydrogen-bond donors (Lipinski definition) is 0. The number of benzene rings is 1. The Labute approximate surface area is 100 Å². The van der Waals surface area contributed by atoms with Gasteiger partial charge in [-0.3, -0.25) is 0 Å². The van der Waals surface area contributed by atoms with Gasteiger partial charge in [0.2, 0.25) is 0 Å². The van der Waals surface area contributed by atoms with Crippen LogP contribution in [0, 0.1) is 0 Å². The monoisotopic (exact) mass is 237 g/mol.